The smallest absolute Gasteiger partial charge is 0.130 e. The van der Waals surface area contributed by atoms with Gasteiger partial charge in [-0.2, -0.15) is 0 Å². The largest absolute Gasteiger partial charge is 0.336 e. The molecule has 5 heteroatoms. The number of nitrogens with zero attached hydrogens (tertiary/aromatic N) is 4. The molecule has 0 fully saturated rings. The van der Waals surface area contributed by atoms with Gasteiger partial charge in [0.2, 0.25) is 0 Å². The van der Waals surface area contributed by atoms with Crippen LogP contribution in [0.15, 0.2) is 31.1 Å². The van der Waals surface area contributed by atoms with Gasteiger partial charge in [-0.05, 0) is 0 Å². The topological polar surface area (TPSA) is 69.6 Å². The molecule has 72 valence electrons. The zero-order valence-electron chi connectivity index (χ0n) is 7.83. The van der Waals surface area contributed by atoms with Gasteiger partial charge in [-0.15, -0.1) is 0 Å². The molecule has 1 unspecified atom stereocenters. The van der Waals surface area contributed by atoms with Crippen molar-refractivity contribution in [2.24, 2.45) is 12.8 Å². The average Bonchev–Trinajstić information content (AvgIpc) is 2.65. The van der Waals surface area contributed by atoms with Crippen molar-refractivity contribution < 1.29 is 0 Å². The van der Waals surface area contributed by atoms with Gasteiger partial charge >= 0.3 is 0 Å². The second-order valence-electron chi connectivity index (χ2n) is 3.05. The Kier molecular flexibility index (Phi) is 2.24. The zero-order valence-corrected chi connectivity index (χ0v) is 7.83. The number of rotatable bonds is 2. The first-order chi connectivity index (χ1) is 6.79. The van der Waals surface area contributed by atoms with Gasteiger partial charge in [0.25, 0.3) is 0 Å². The van der Waals surface area contributed by atoms with Gasteiger partial charge in [0.1, 0.15) is 12.2 Å². The van der Waals surface area contributed by atoms with Gasteiger partial charge in [-0.25, -0.2) is 15.0 Å². The van der Waals surface area contributed by atoms with Crippen LogP contribution in [-0.2, 0) is 7.05 Å². The van der Waals surface area contributed by atoms with Gasteiger partial charge in [0.15, 0.2) is 0 Å². The highest BCUT2D eigenvalue weighted by Crippen LogP contribution is 2.14. The molecule has 2 heterocycles. The second kappa shape index (κ2) is 3.55. The molecule has 0 bridgehead atoms. The minimum Gasteiger partial charge on any atom is -0.336 e. The van der Waals surface area contributed by atoms with E-state index in [1.807, 2.05) is 17.8 Å². The first-order valence-corrected chi connectivity index (χ1v) is 4.26. The van der Waals surface area contributed by atoms with E-state index in [0.717, 1.165) is 11.4 Å². The molecule has 5 nitrogen and oxygen atoms in total. The van der Waals surface area contributed by atoms with Gasteiger partial charge in [0.05, 0.1) is 6.04 Å². The lowest BCUT2D eigenvalue weighted by molar-refractivity contribution is 0.711. The molecule has 0 aliphatic carbocycles. The van der Waals surface area contributed by atoms with E-state index in [1.165, 1.54) is 6.33 Å². The normalized spacial score (nSPS) is 12.7. The highest BCUT2D eigenvalue weighted by Gasteiger charge is 2.13. The molecule has 14 heavy (non-hydrogen) atoms. The fourth-order valence-corrected chi connectivity index (χ4v) is 1.30. The Balaban J connectivity index is 2.34. The van der Waals surface area contributed by atoms with Crippen molar-refractivity contribution >= 4 is 0 Å². The summed E-state index contributed by atoms with van der Waals surface area (Å²) in [6.07, 6.45) is 8.46. The lowest BCUT2D eigenvalue weighted by atomic mass is 10.1. The van der Waals surface area contributed by atoms with Gasteiger partial charge in [-0.3, -0.25) is 0 Å². The minimum absolute atomic E-state index is 0.267. The third-order valence-corrected chi connectivity index (χ3v) is 2.08. The number of hydrogen-bond acceptors (Lipinski definition) is 4. The predicted molar refractivity (Wildman–Crippen MR) is 51.3 cm³/mol. The van der Waals surface area contributed by atoms with E-state index < -0.39 is 0 Å². The highest BCUT2D eigenvalue weighted by molar-refractivity contribution is 5.18. The lowest BCUT2D eigenvalue weighted by Gasteiger charge is -2.10. The Bertz CT molecular complexity index is 408. The number of hydrogen-bond donors (Lipinski definition) is 1. The van der Waals surface area contributed by atoms with Crippen LogP contribution in [0.2, 0.25) is 0 Å². The van der Waals surface area contributed by atoms with Crippen LogP contribution in [0, 0.1) is 0 Å². The summed E-state index contributed by atoms with van der Waals surface area (Å²) in [7, 11) is 1.91. The van der Waals surface area contributed by atoms with Crippen LogP contribution in [-0.4, -0.2) is 19.5 Å². The molecule has 1 atom stereocenters. The molecule has 0 saturated heterocycles. The predicted octanol–water partition coefficient (Wildman–Crippen LogP) is 0.258. The molecule has 2 rings (SSSR count). The maximum absolute atomic E-state index is 6.00. The summed E-state index contributed by atoms with van der Waals surface area (Å²) >= 11 is 0. The third kappa shape index (κ3) is 1.49. The molecule has 0 spiro atoms. The SMILES string of the molecule is Cn1ccnc1C(N)c1cncnc1. The van der Waals surface area contributed by atoms with E-state index in [-0.39, 0.29) is 6.04 Å². The van der Waals surface area contributed by atoms with Gasteiger partial charge in [0, 0.05) is 37.4 Å². The molecule has 0 amide bonds. The molecule has 0 aliphatic rings. The summed E-state index contributed by atoms with van der Waals surface area (Å²) in [6.45, 7) is 0. The van der Waals surface area contributed by atoms with E-state index in [0.29, 0.717) is 0 Å². The molecule has 0 saturated carbocycles. The summed E-state index contributed by atoms with van der Waals surface area (Å²) < 4.78 is 1.89. The zero-order chi connectivity index (χ0) is 9.97. The van der Waals surface area contributed by atoms with Crippen molar-refractivity contribution in [3.63, 3.8) is 0 Å². The van der Waals surface area contributed by atoms with Gasteiger partial charge in [-0.1, -0.05) is 0 Å². The van der Waals surface area contributed by atoms with Crippen molar-refractivity contribution in [1.29, 1.82) is 0 Å². The Morgan fingerprint density at radius 3 is 2.64 bits per heavy atom. The van der Waals surface area contributed by atoms with E-state index in [9.17, 15) is 0 Å². The number of imidazole rings is 1. The van der Waals surface area contributed by atoms with E-state index in [2.05, 4.69) is 15.0 Å². The van der Waals surface area contributed by atoms with E-state index in [4.69, 9.17) is 5.73 Å². The van der Waals surface area contributed by atoms with Crippen LogP contribution in [0.3, 0.4) is 0 Å². The molecule has 2 aromatic heterocycles. The first-order valence-electron chi connectivity index (χ1n) is 4.26. The molecular weight excluding hydrogens is 178 g/mol. The first kappa shape index (κ1) is 8.83. The summed E-state index contributed by atoms with van der Waals surface area (Å²) in [5.74, 6) is 0.805. The van der Waals surface area contributed by atoms with Crippen molar-refractivity contribution in [2.45, 2.75) is 6.04 Å². The molecule has 0 aromatic carbocycles. The van der Waals surface area contributed by atoms with Crippen LogP contribution in [0.4, 0.5) is 0 Å². The molecule has 2 N–H and O–H groups in total. The minimum atomic E-state index is -0.267. The number of aromatic nitrogens is 4. The van der Waals surface area contributed by atoms with E-state index >= 15 is 0 Å². The average molecular weight is 189 g/mol. The quantitative estimate of drug-likeness (QED) is 0.735. The summed E-state index contributed by atoms with van der Waals surface area (Å²) in [4.78, 5) is 12.0. The van der Waals surface area contributed by atoms with Crippen LogP contribution in [0.25, 0.3) is 0 Å². The monoisotopic (exact) mass is 189 g/mol. The van der Waals surface area contributed by atoms with Crippen molar-refractivity contribution in [3.05, 3.63) is 42.5 Å². The summed E-state index contributed by atoms with van der Waals surface area (Å²) in [5, 5.41) is 0. The fraction of sp³-hybridized carbons (Fsp3) is 0.222. The number of nitrogens with two attached hydrogens (primary N) is 1. The lowest BCUT2D eigenvalue weighted by Crippen LogP contribution is -2.16. The van der Waals surface area contributed by atoms with E-state index in [1.54, 1.807) is 18.6 Å². The van der Waals surface area contributed by atoms with Crippen molar-refractivity contribution in [1.82, 2.24) is 19.5 Å². The molecule has 0 radical (unpaired) electrons. The van der Waals surface area contributed by atoms with Crippen LogP contribution >= 0.6 is 0 Å². The van der Waals surface area contributed by atoms with Crippen LogP contribution < -0.4 is 5.73 Å². The maximum Gasteiger partial charge on any atom is 0.130 e. The Morgan fingerprint density at radius 1 is 1.36 bits per heavy atom. The Morgan fingerprint density at radius 2 is 2.07 bits per heavy atom. The maximum atomic E-state index is 6.00. The third-order valence-electron chi connectivity index (χ3n) is 2.08. The fourth-order valence-electron chi connectivity index (χ4n) is 1.30. The van der Waals surface area contributed by atoms with Crippen molar-refractivity contribution in [2.75, 3.05) is 0 Å². The summed E-state index contributed by atoms with van der Waals surface area (Å²) in [5.41, 5.74) is 6.86. The van der Waals surface area contributed by atoms with Crippen LogP contribution in [0.5, 0.6) is 0 Å². The molecule has 2 aromatic rings. The molecule has 0 aliphatic heterocycles. The van der Waals surface area contributed by atoms with Gasteiger partial charge < -0.3 is 10.3 Å². The summed E-state index contributed by atoms with van der Waals surface area (Å²) in [6, 6.07) is -0.267. The Hall–Kier alpha value is -1.75. The molecular formula is C9H11N5. The highest BCUT2D eigenvalue weighted by atomic mass is 15.1. The second-order valence-corrected chi connectivity index (χ2v) is 3.05. The standard InChI is InChI=1S/C9H11N5/c1-14-3-2-13-9(14)8(10)7-4-11-6-12-5-7/h2-6,8H,10H2,1H3. The van der Waals surface area contributed by atoms with Crippen LogP contribution in [0.1, 0.15) is 17.4 Å². The number of aryl methyl sites for hydroxylation is 1. The van der Waals surface area contributed by atoms with Crippen molar-refractivity contribution in [3.8, 4) is 0 Å². The Labute approximate surface area is 81.6 Å².